The fourth-order valence-electron chi connectivity index (χ4n) is 0.607. The monoisotopic (exact) mass is 209 g/mol. The van der Waals surface area contributed by atoms with E-state index in [9.17, 15) is 8.42 Å². The van der Waals surface area contributed by atoms with Crippen LogP contribution in [0.4, 0.5) is 0 Å². The molecule has 3 nitrogen and oxygen atoms in total. The average molecular weight is 209 g/mol. The van der Waals surface area contributed by atoms with Gasteiger partial charge in [-0.3, -0.25) is 0 Å². The quantitative estimate of drug-likeness (QED) is 0.688. The van der Waals surface area contributed by atoms with E-state index in [4.69, 9.17) is 0 Å². The van der Waals surface area contributed by atoms with E-state index in [1.165, 1.54) is 18.0 Å². The minimum atomic E-state index is -3.07. The molecule has 0 atom stereocenters. The number of hydrogen-bond acceptors (Lipinski definition) is 5. The lowest BCUT2D eigenvalue weighted by atomic mass is 11.0. The van der Waals surface area contributed by atoms with E-state index in [0.29, 0.717) is 9.24 Å². The van der Waals surface area contributed by atoms with E-state index >= 15 is 0 Å². The summed E-state index contributed by atoms with van der Waals surface area (Å²) in [4.78, 5) is 3.90. The Kier molecular flexibility index (Phi) is 2.56. The van der Waals surface area contributed by atoms with Crippen LogP contribution in [-0.4, -0.2) is 25.9 Å². The molecule has 0 aromatic carbocycles. The minimum absolute atomic E-state index is 0.366. The second-order valence-electron chi connectivity index (χ2n) is 1.92. The van der Waals surface area contributed by atoms with Crippen molar-refractivity contribution in [3.63, 3.8) is 0 Å². The number of hydrogen-bond donors (Lipinski definition) is 0. The molecule has 0 N–H and O–H groups in total. The summed E-state index contributed by atoms with van der Waals surface area (Å²) in [6, 6.07) is 0. The topological polar surface area (TPSA) is 47.0 Å². The molecule has 0 aliphatic heterocycles. The second-order valence-corrected chi connectivity index (χ2v) is 5.78. The van der Waals surface area contributed by atoms with Gasteiger partial charge in [0.25, 0.3) is 0 Å². The molecular formula is C5H7NO2S3. The average Bonchev–Trinajstić information content (AvgIpc) is 2.31. The van der Waals surface area contributed by atoms with Gasteiger partial charge < -0.3 is 0 Å². The van der Waals surface area contributed by atoms with Gasteiger partial charge in [-0.05, 0) is 6.26 Å². The van der Waals surface area contributed by atoms with Gasteiger partial charge in [-0.1, -0.05) is 0 Å². The number of thioether (sulfide) groups is 1. The van der Waals surface area contributed by atoms with Gasteiger partial charge >= 0.3 is 0 Å². The third-order valence-corrected chi connectivity index (χ3v) is 4.67. The Bertz CT molecular complexity index is 340. The summed E-state index contributed by atoms with van der Waals surface area (Å²) in [5.74, 6) is 0. The highest BCUT2D eigenvalue weighted by atomic mass is 32.2. The van der Waals surface area contributed by atoms with Crippen LogP contribution < -0.4 is 0 Å². The summed E-state index contributed by atoms with van der Waals surface area (Å²) in [5, 5.41) is 0.595. The highest BCUT2D eigenvalue weighted by molar-refractivity contribution is 8.00. The Labute approximate surface area is 73.8 Å². The molecule has 0 bridgehead atoms. The van der Waals surface area contributed by atoms with Gasteiger partial charge in [0.15, 0.2) is 14.0 Å². The van der Waals surface area contributed by atoms with Crippen molar-refractivity contribution >= 4 is 32.9 Å². The molecule has 6 heteroatoms. The van der Waals surface area contributed by atoms with Gasteiger partial charge in [0, 0.05) is 6.26 Å². The Morgan fingerprint density at radius 2 is 2.27 bits per heavy atom. The molecule has 0 amide bonds. The summed E-state index contributed by atoms with van der Waals surface area (Å²) in [7, 11) is -3.07. The van der Waals surface area contributed by atoms with Crippen LogP contribution in [0, 0.1) is 0 Å². The van der Waals surface area contributed by atoms with Crippen molar-refractivity contribution in [2.24, 2.45) is 0 Å². The Balaban J connectivity index is 3.24. The Morgan fingerprint density at radius 1 is 1.64 bits per heavy atom. The molecule has 1 aromatic rings. The smallest absolute Gasteiger partial charge is 0.187 e. The van der Waals surface area contributed by atoms with Crippen molar-refractivity contribution < 1.29 is 8.42 Å². The van der Waals surface area contributed by atoms with Gasteiger partial charge in [-0.25, -0.2) is 13.4 Å². The standard InChI is InChI=1S/C5H7NO2S3/c1-9-4-5(10-3-6-4)11(2,7)8/h3H,1-2H3. The van der Waals surface area contributed by atoms with Crippen molar-refractivity contribution in [3.05, 3.63) is 5.51 Å². The molecule has 0 saturated carbocycles. The predicted octanol–water partition coefficient (Wildman–Crippen LogP) is 1.27. The number of rotatable bonds is 2. The van der Waals surface area contributed by atoms with E-state index in [-0.39, 0.29) is 0 Å². The molecule has 0 fully saturated rings. The predicted molar refractivity (Wildman–Crippen MR) is 47.0 cm³/mol. The molecule has 62 valence electrons. The van der Waals surface area contributed by atoms with Crippen LogP contribution >= 0.6 is 23.1 Å². The highest BCUT2D eigenvalue weighted by Gasteiger charge is 2.14. The first-order valence-electron chi connectivity index (χ1n) is 2.73. The Hall–Kier alpha value is -0.0700. The van der Waals surface area contributed by atoms with Crippen molar-refractivity contribution in [1.82, 2.24) is 4.98 Å². The third kappa shape index (κ3) is 1.94. The van der Waals surface area contributed by atoms with E-state index in [2.05, 4.69) is 4.98 Å². The lowest BCUT2D eigenvalue weighted by molar-refractivity contribution is 0.601. The number of nitrogens with zero attached hydrogens (tertiary/aromatic N) is 1. The lowest BCUT2D eigenvalue weighted by Crippen LogP contribution is -1.94. The Morgan fingerprint density at radius 3 is 2.64 bits per heavy atom. The molecule has 1 rings (SSSR count). The second kappa shape index (κ2) is 3.12. The van der Waals surface area contributed by atoms with Gasteiger partial charge in [-0.15, -0.1) is 23.1 Å². The van der Waals surface area contributed by atoms with Crippen LogP contribution in [0.2, 0.25) is 0 Å². The van der Waals surface area contributed by atoms with Crippen molar-refractivity contribution in [1.29, 1.82) is 0 Å². The summed E-state index contributed by atoms with van der Waals surface area (Å²) in [5.41, 5.74) is 1.54. The van der Waals surface area contributed by atoms with Crippen molar-refractivity contribution in [2.75, 3.05) is 12.5 Å². The highest BCUT2D eigenvalue weighted by Crippen LogP contribution is 2.26. The zero-order valence-electron chi connectivity index (χ0n) is 6.07. The van der Waals surface area contributed by atoms with Gasteiger partial charge in [0.2, 0.25) is 0 Å². The molecule has 11 heavy (non-hydrogen) atoms. The fraction of sp³-hybridized carbons (Fsp3) is 0.400. The first kappa shape index (κ1) is 9.02. The molecule has 0 aliphatic carbocycles. The molecule has 1 heterocycles. The van der Waals surface area contributed by atoms with Gasteiger partial charge in [0.05, 0.1) is 5.51 Å². The zero-order valence-corrected chi connectivity index (χ0v) is 8.52. The molecule has 0 aliphatic rings. The zero-order chi connectivity index (χ0) is 8.48. The molecule has 0 unspecified atom stereocenters. The van der Waals surface area contributed by atoms with Crippen LogP contribution in [-0.2, 0) is 9.84 Å². The fourth-order valence-corrected chi connectivity index (χ4v) is 3.70. The summed E-state index contributed by atoms with van der Waals surface area (Å²) < 4.78 is 22.4. The van der Waals surface area contributed by atoms with Crippen LogP contribution in [0.15, 0.2) is 14.7 Å². The summed E-state index contributed by atoms with van der Waals surface area (Å²) in [6.07, 6.45) is 3.00. The van der Waals surface area contributed by atoms with Crippen molar-refractivity contribution in [3.8, 4) is 0 Å². The van der Waals surface area contributed by atoms with E-state index in [1.807, 2.05) is 6.26 Å². The molecule has 0 saturated heterocycles. The maximum atomic E-state index is 11.0. The van der Waals surface area contributed by atoms with Gasteiger partial charge in [0.1, 0.15) is 5.03 Å². The van der Waals surface area contributed by atoms with Crippen LogP contribution in [0.3, 0.4) is 0 Å². The molecule has 1 aromatic heterocycles. The van der Waals surface area contributed by atoms with Crippen molar-refractivity contribution in [2.45, 2.75) is 9.24 Å². The maximum Gasteiger partial charge on any atom is 0.187 e. The summed E-state index contributed by atoms with van der Waals surface area (Å²) in [6.45, 7) is 0. The largest absolute Gasteiger partial charge is 0.237 e. The number of sulfone groups is 1. The molecule has 0 spiro atoms. The normalized spacial score (nSPS) is 11.8. The number of thiazole rings is 1. The van der Waals surface area contributed by atoms with Gasteiger partial charge in [-0.2, -0.15) is 0 Å². The number of aromatic nitrogens is 1. The third-order valence-electron chi connectivity index (χ3n) is 1.03. The maximum absolute atomic E-state index is 11.0. The first-order chi connectivity index (χ1) is 5.05. The van der Waals surface area contributed by atoms with Crippen LogP contribution in [0.1, 0.15) is 0 Å². The molecular weight excluding hydrogens is 202 g/mol. The van der Waals surface area contributed by atoms with E-state index < -0.39 is 9.84 Å². The van der Waals surface area contributed by atoms with E-state index in [1.54, 1.807) is 5.51 Å². The van der Waals surface area contributed by atoms with E-state index in [0.717, 1.165) is 11.3 Å². The lowest BCUT2D eigenvalue weighted by Gasteiger charge is -1.93. The minimum Gasteiger partial charge on any atom is -0.237 e. The summed E-state index contributed by atoms with van der Waals surface area (Å²) >= 11 is 2.51. The molecule has 0 radical (unpaired) electrons. The SMILES string of the molecule is CSc1ncsc1S(C)(=O)=O. The van der Waals surface area contributed by atoms with Crippen LogP contribution in [0.5, 0.6) is 0 Å². The first-order valence-corrected chi connectivity index (χ1v) is 6.73. The van der Waals surface area contributed by atoms with Crippen LogP contribution in [0.25, 0.3) is 0 Å².